The highest BCUT2D eigenvalue weighted by atomic mass is 16.7. The minimum atomic E-state index is -0.147. The summed E-state index contributed by atoms with van der Waals surface area (Å²) in [7, 11) is 0. The molecule has 0 amide bonds. The molecule has 0 aromatic heterocycles. The first-order valence-electron chi connectivity index (χ1n) is 12.0. The first-order chi connectivity index (χ1) is 15.2. The van der Waals surface area contributed by atoms with E-state index in [-0.39, 0.29) is 48.7 Å². The second kappa shape index (κ2) is 11.5. The third kappa shape index (κ3) is 6.32. The maximum absolute atomic E-state index is 11.9. The zero-order valence-corrected chi connectivity index (χ0v) is 18.6. The highest BCUT2D eigenvalue weighted by molar-refractivity contribution is 5.72. The molecule has 4 rings (SSSR count). The van der Waals surface area contributed by atoms with Gasteiger partial charge in [0.05, 0.1) is 18.6 Å². The molecule has 0 radical (unpaired) electrons. The Morgan fingerprint density at radius 3 is 2.61 bits per heavy atom. The van der Waals surface area contributed by atoms with E-state index in [9.17, 15) is 4.79 Å². The second-order valence-corrected chi connectivity index (χ2v) is 9.00. The summed E-state index contributed by atoms with van der Waals surface area (Å²) < 4.78 is 29.8. The van der Waals surface area contributed by atoms with Crippen LogP contribution in [0.25, 0.3) is 0 Å². The first-order valence-corrected chi connectivity index (χ1v) is 12.0. The summed E-state index contributed by atoms with van der Waals surface area (Å²) >= 11 is 0. The Hall–Kier alpha value is -1.39. The predicted octanol–water partition coefficient (Wildman–Crippen LogP) is 4.12. The van der Waals surface area contributed by atoms with Crippen LogP contribution in [0.3, 0.4) is 0 Å². The Kier molecular flexibility index (Phi) is 8.43. The molecule has 4 aliphatic rings. The standard InChI is InChI=1S/C25H36O6/c1-2-3-4-9-18(29-24-10-5-7-14-27-24)12-13-19-20-16-23(26)30-22(20)17-21(19)31-25-11-6-8-15-28-25/h12-13,18-22,24-25H,4-11,14-17H2,1H3/b13-12+/t18-,19+,20+,21+,22-,24?,25?/m0/s1. The Morgan fingerprint density at radius 2 is 1.90 bits per heavy atom. The van der Waals surface area contributed by atoms with Crippen molar-refractivity contribution in [3.63, 3.8) is 0 Å². The van der Waals surface area contributed by atoms with E-state index in [0.29, 0.717) is 6.42 Å². The van der Waals surface area contributed by atoms with Crippen molar-refractivity contribution in [2.45, 2.75) is 102 Å². The molecule has 1 saturated carbocycles. The Morgan fingerprint density at radius 1 is 1.13 bits per heavy atom. The van der Waals surface area contributed by atoms with Gasteiger partial charge >= 0.3 is 5.97 Å². The van der Waals surface area contributed by atoms with Crippen molar-refractivity contribution >= 4 is 5.97 Å². The lowest BCUT2D eigenvalue weighted by atomic mass is 9.91. The summed E-state index contributed by atoms with van der Waals surface area (Å²) in [5.41, 5.74) is 0. The Labute approximate surface area is 186 Å². The first kappa shape index (κ1) is 22.8. The fourth-order valence-corrected chi connectivity index (χ4v) is 5.14. The van der Waals surface area contributed by atoms with E-state index in [1.807, 2.05) is 6.92 Å². The van der Waals surface area contributed by atoms with Gasteiger partial charge in [-0.25, -0.2) is 0 Å². The zero-order chi connectivity index (χ0) is 21.5. The van der Waals surface area contributed by atoms with Gasteiger partial charge in [-0.1, -0.05) is 12.2 Å². The fourth-order valence-electron chi connectivity index (χ4n) is 5.14. The third-order valence-corrected chi connectivity index (χ3v) is 6.76. The molecule has 0 N–H and O–H groups in total. The molecular formula is C25H36O6. The maximum atomic E-state index is 11.9. The monoisotopic (exact) mass is 432 g/mol. The zero-order valence-electron chi connectivity index (χ0n) is 18.6. The van der Waals surface area contributed by atoms with Gasteiger partial charge in [-0.3, -0.25) is 4.79 Å². The van der Waals surface area contributed by atoms with Crippen LogP contribution >= 0.6 is 0 Å². The minimum Gasteiger partial charge on any atom is -0.462 e. The van der Waals surface area contributed by atoms with Crippen molar-refractivity contribution in [2.24, 2.45) is 11.8 Å². The summed E-state index contributed by atoms with van der Waals surface area (Å²) in [5, 5.41) is 0. The highest BCUT2D eigenvalue weighted by Crippen LogP contribution is 2.44. The highest BCUT2D eigenvalue weighted by Gasteiger charge is 2.50. The van der Waals surface area contributed by atoms with Gasteiger partial charge in [0.2, 0.25) is 0 Å². The van der Waals surface area contributed by atoms with Crippen LogP contribution < -0.4 is 0 Å². The number of esters is 1. The van der Waals surface area contributed by atoms with E-state index >= 15 is 0 Å². The summed E-state index contributed by atoms with van der Waals surface area (Å²) in [6, 6.07) is 0. The molecule has 6 nitrogen and oxygen atoms in total. The fraction of sp³-hybridized carbons (Fsp3) is 0.800. The van der Waals surface area contributed by atoms with Crippen LogP contribution in [-0.4, -0.2) is 50.1 Å². The average Bonchev–Trinajstić information content (AvgIpc) is 3.29. The van der Waals surface area contributed by atoms with E-state index in [4.69, 9.17) is 23.7 Å². The number of carbonyl (C=O) groups excluding carboxylic acids is 1. The maximum Gasteiger partial charge on any atom is 0.306 e. The average molecular weight is 433 g/mol. The number of ether oxygens (including phenoxy) is 5. The van der Waals surface area contributed by atoms with Crippen molar-refractivity contribution in [1.82, 2.24) is 0 Å². The molecule has 0 spiro atoms. The van der Waals surface area contributed by atoms with E-state index in [2.05, 4.69) is 24.0 Å². The van der Waals surface area contributed by atoms with Crippen molar-refractivity contribution < 1.29 is 28.5 Å². The van der Waals surface area contributed by atoms with Gasteiger partial charge in [-0.05, 0) is 51.9 Å². The minimum absolute atomic E-state index is 0.00413. The Balaban J connectivity index is 1.43. The largest absolute Gasteiger partial charge is 0.462 e. The van der Waals surface area contributed by atoms with Crippen LogP contribution in [0.4, 0.5) is 0 Å². The van der Waals surface area contributed by atoms with Crippen molar-refractivity contribution in [1.29, 1.82) is 0 Å². The molecule has 31 heavy (non-hydrogen) atoms. The molecule has 3 saturated heterocycles. The van der Waals surface area contributed by atoms with E-state index in [1.54, 1.807) is 0 Å². The second-order valence-electron chi connectivity index (χ2n) is 9.00. The van der Waals surface area contributed by atoms with Gasteiger partial charge in [-0.15, -0.1) is 11.8 Å². The predicted molar refractivity (Wildman–Crippen MR) is 115 cm³/mol. The van der Waals surface area contributed by atoms with Crippen molar-refractivity contribution in [3.05, 3.63) is 12.2 Å². The van der Waals surface area contributed by atoms with Crippen LogP contribution in [0.5, 0.6) is 0 Å². The van der Waals surface area contributed by atoms with Gasteiger partial charge in [0, 0.05) is 37.9 Å². The Bertz CT molecular complexity index is 667. The summed E-state index contributed by atoms with van der Waals surface area (Å²) in [5.74, 6) is 6.30. The molecule has 0 bridgehead atoms. The van der Waals surface area contributed by atoms with Crippen LogP contribution in [0.2, 0.25) is 0 Å². The quantitative estimate of drug-likeness (QED) is 0.327. The van der Waals surface area contributed by atoms with Gasteiger partial charge in [0.25, 0.3) is 0 Å². The molecule has 1 aliphatic carbocycles. The number of hydrogen-bond donors (Lipinski definition) is 0. The lowest BCUT2D eigenvalue weighted by Gasteiger charge is -2.29. The molecule has 172 valence electrons. The third-order valence-electron chi connectivity index (χ3n) is 6.76. The van der Waals surface area contributed by atoms with Crippen LogP contribution in [-0.2, 0) is 28.5 Å². The van der Waals surface area contributed by atoms with Crippen molar-refractivity contribution in [2.75, 3.05) is 13.2 Å². The molecule has 3 heterocycles. The summed E-state index contributed by atoms with van der Waals surface area (Å²) in [6.07, 6.45) is 13.1. The molecular weight excluding hydrogens is 396 g/mol. The van der Waals surface area contributed by atoms with E-state index in [1.165, 1.54) is 0 Å². The van der Waals surface area contributed by atoms with Gasteiger partial charge in [-0.2, -0.15) is 0 Å². The van der Waals surface area contributed by atoms with Crippen LogP contribution in [0, 0.1) is 23.7 Å². The normalized spacial score (nSPS) is 36.6. The molecule has 3 aliphatic heterocycles. The molecule has 2 unspecified atom stereocenters. The molecule has 6 heteroatoms. The topological polar surface area (TPSA) is 63.2 Å². The molecule has 0 aromatic rings. The number of rotatable bonds is 8. The molecule has 7 atom stereocenters. The van der Waals surface area contributed by atoms with Crippen molar-refractivity contribution in [3.8, 4) is 11.8 Å². The lowest BCUT2D eigenvalue weighted by molar-refractivity contribution is -0.194. The van der Waals surface area contributed by atoms with Gasteiger partial charge < -0.3 is 23.7 Å². The van der Waals surface area contributed by atoms with E-state index < -0.39 is 0 Å². The summed E-state index contributed by atoms with van der Waals surface area (Å²) in [6.45, 7) is 3.38. The number of carbonyl (C=O) groups is 1. The molecule has 0 aromatic carbocycles. The van der Waals surface area contributed by atoms with Gasteiger partial charge in [0.1, 0.15) is 6.10 Å². The van der Waals surface area contributed by atoms with Crippen LogP contribution in [0.15, 0.2) is 12.2 Å². The lowest BCUT2D eigenvalue weighted by Crippen LogP contribution is -2.31. The van der Waals surface area contributed by atoms with E-state index in [0.717, 1.165) is 71.0 Å². The number of fused-ring (bicyclic) bond motifs is 1. The smallest absolute Gasteiger partial charge is 0.306 e. The summed E-state index contributed by atoms with van der Waals surface area (Å²) in [4.78, 5) is 11.9. The SMILES string of the molecule is CC#CCC[C@@H](/C=C/[C@@H]1[C@H]2CC(=O)O[C@H]2C[C@H]1OC1CCCCO1)OC1CCCCO1. The van der Waals surface area contributed by atoms with Gasteiger partial charge in [0.15, 0.2) is 12.6 Å². The number of hydrogen-bond acceptors (Lipinski definition) is 6. The van der Waals surface area contributed by atoms with Crippen LogP contribution in [0.1, 0.15) is 71.1 Å². The molecule has 4 fully saturated rings.